The third-order valence-corrected chi connectivity index (χ3v) is 3.77. The summed E-state index contributed by atoms with van der Waals surface area (Å²) in [4.78, 5) is 24.8. The normalized spacial score (nSPS) is 19.7. The minimum absolute atomic E-state index is 0.0169. The molecule has 0 radical (unpaired) electrons. The van der Waals surface area contributed by atoms with Gasteiger partial charge in [-0.1, -0.05) is 20.8 Å². The summed E-state index contributed by atoms with van der Waals surface area (Å²) in [5.74, 6) is 0.0483. The third-order valence-electron chi connectivity index (χ3n) is 3.77. The summed E-state index contributed by atoms with van der Waals surface area (Å²) in [6.45, 7) is 11.1. The molecule has 0 N–H and O–H groups in total. The van der Waals surface area contributed by atoms with Crippen molar-refractivity contribution in [2.45, 2.75) is 53.0 Å². The zero-order valence-electron chi connectivity index (χ0n) is 10.4. The SMILES string of the molecule is CC(C)(C)C(C)(C)N1CCC(=O)CC1=O. The Labute approximate surface area is 91.8 Å². The molecule has 0 spiro atoms. The van der Waals surface area contributed by atoms with Crippen molar-refractivity contribution in [2.75, 3.05) is 6.54 Å². The van der Waals surface area contributed by atoms with Crippen LogP contribution in [0, 0.1) is 5.41 Å². The summed E-state index contributed by atoms with van der Waals surface area (Å²) in [5, 5.41) is 0. The van der Waals surface area contributed by atoms with Gasteiger partial charge in [-0.3, -0.25) is 9.59 Å². The minimum atomic E-state index is -0.204. The van der Waals surface area contributed by atoms with Crippen molar-refractivity contribution in [2.24, 2.45) is 5.41 Å². The number of nitrogens with zero attached hydrogens (tertiary/aromatic N) is 1. The van der Waals surface area contributed by atoms with Crippen molar-refractivity contribution >= 4 is 11.7 Å². The van der Waals surface area contributed by atoms with Crippen LogP contribution in [0.4, 0.5) is 0 Å². The van der Waals surface area contributed by atoms with Gasteiger partial charge >= 0.3 is 0 Å². The maximum Gasteiger partial charge on any atom is 0.230 e. The van der Waals surface area contributed by atoms with Gasteiger partial charge in [-0.05, 0) is 19.3 Å². The number of piperidine rings is 1. The van der Waals surface area contributed by atoms with Gasteiger partial charge in [0.05, 0.1) is 6.42 Å². The van der Waals surface area contributed by atoms with Crippen LogP contribution in [0.15, 0.2) is 0 Å². The van der Waals surface area contributed by atoms with Crippen LogP contribution in [0.2, 0.25) is 0 Å². The molecule has 1 aliphatic rings. The van der Waals surface area contributed by atoms with Crippen LogP contribution in [-0.2, 0) is 9.59 Å². The zero-order valence-corrected chi connectivity index (χ0v) is 10.4. The smallest absolute Gasteiger partial charge is 0.230 e. The summed E-state index contributed by atoms with van der Waals surface area (Å²) in [6, 6.07) is 0. The number of hydrogen-bond donors (Lipinski definition) is 0. The summed E-state index contributed by atoms with van der Waals surface area (Å²) in [6.07, 6.45) is 0.588. The van der Waals surface area contributed by atoms with Gasteiger partial charge < -0.3 is 4.90 Å². The number of ketones is 1. The fourth-order valence-corrected chi connectivity index (χ4v) is 1.71. The molecular formula is C12H21NO2. The van der Waals surface area contributed by atoms with Crippen molar-refractivity contribution in [3.63, 3.8) is 0 Å². The molecule has 3 heteroatoms. The van der Waals surface area contributed by atoms with E-state index in [4.69, 9.17) is 0 Å². The number of amides is 1. The van der Waals surface area contributed by atoms with Crippen LogP contribution >= 0.6 is 0 Å². The third kappa shape index (κ3) is 2.21. The Hall–Kier alpha value is -0.860. The number of carbonyl (C=O) groups excluding carboxylic acids is 2. The fourth-order valence-electron chi connectivity index (χ4n) is 1.71. The molecule has 0 aromatic rings. The highest BCUT2D eigenvalue weighted by atomic mass is 16.2. The van der Waals surface area contributed by atoms with Gasteiger partial charge in [-0.25, -0.2) is 0 Å². The molecule has 0 aliphatic carbocycles. The van der Waals surface area contributed by atoms with Gasteiger partial charge in [0.1, 0.15) is 5.78 Å². The molecule has 1 saturated heterocycles. The lowest BCUT2D eigenvalue weighted by Gasteiger charge is -2.49. The van der Waals surface area contributed by atoms with E-state index in [-0.39, 0.29) is 29.1 Å². The highest BCUT2D eigenvalue weighted by Crippen LogP contribution is 2.36. The largest absolute Gasteiger partial charge is 0.336 e. The summed E-state index contributed by atoms with van der Waals surface area (Å²) in [5.41, 5.74) is -0.187. The van der Waals surface area contributed by atoms with Gasteiger partial charge in [-0.15, -0.1) is 0 Å². The molecule has 0 unspecified atom stereocenters. The maximum absolute atomic E-state index is 11.8. The number of rotatable bonds is 1. The molecule has 0 atom stereocenters. The molecule has 0 aromatic carbocycles. The molecule has 1 amide bonds. The molecule has 0 bridgehead atoms. The van der Waals surface area contributed by atoms with E-state index in [2.05, 4.69) is 34.6 Å². The standard InChI is InChI=1S/C12H21NO2/c1-11(2,3)12(4,5)13-7-6-9(14)8-10(13)15/h6-8H2,1-5H3. The lowest BCUT2D eigenvalue weighted by atomic mass is 9.74. The predicted octanol–water partition coefficient (Wildman–Crippen LogP) is 2.00. The Morgan fingerprint density at radius 1 is 1.07 bits per heavy atom. The zero-order chi connectivity index (χ0) is 11.9. The van der Waals surface area contributed by atoms with Crippen molar-refractivity contribution < 1.29 is 9.59 Å². The Bertz CT molecular complexity index is 286. The molecule has 86 valence electrons. The van der Waals surface area contributed by atoms with E-state index in [1.165, 1.54) is 0 Å². The summed E-state index contributed by atoms with van der Waals surface area (Å²) >= 11 is 0. The molecule has 1 rings (SSSR count). The topological polar surface area (TPSA) is 37.4 Å². The maximum atomic E-state index is 11.8. The predicted molar refractivity (Wildman–Crippen MR) is 59.5 cm³/mol. The molecule has 1 fully saturated rings. The molecule has 1 heterocycles. The van der Waals surface area contributed by atoms with E-state index in [9.17, 15) is 9.59 Å². The van der Waals surface area contributed by atoms with E-state index >= 15 is 0 Å². The van der Waals surface area contributed by atoms with Gasteiger partial charge in [-0.2, -0.15) is 0 Å². The van der Waals surface area contributed by atoms with Crippen molar-refractivity contribution in [1.29, 1.82) is 0 Å². The molecule has 1 aliphatic heterocycles. The fraction of sp³-hybridized carbons (Fsp3) is 0.833. The van der Waals surface area contributed by atoms with E-state index in [0.717, 1.165) is 0 Å². The lowest BCUT2D eigenvalue weighted by molar-refractivity contribution is -0.148. The molecule has 15 heavy (non-hydrogen) atoms. The summed E-state index contributed by atoms with van der Waals surface area (Å²) in [7, 11) is 0. The van der Waals surface area contributed by atoms with E-state index in [1.54, 1.807) is 0 Å². The monoisotopic (exact) mass is 211 g/mol. The van der Waals surface area contributed by atoms with Crippen LogP contribution in [0.1, 0.15) is 47.5 Å². The van der Waals surface area contributed by atoms with Crippen LogP contribution in [-0.4, -0.2) is 28.7 Å². The molecule has 0 saturated carbocycles. The Balaban J connectivity index is 2.89. The summed E-state index contributed by atoms with van der Waals surface area (Å²) < 4.78 is 0. The van der Waals surface area contributed by atoms with Crippen LogP contribution in [0.3, 0.4) is 0 Å². The van der Waals surface area contributed by atoms with Crippen LogP contribution < -0.4 is 0 Å². The van der Waals surface area contributed by atoms with E-state index in [0.29, 0.717) is 13.0 Å². The number of hydrogen-bond acceptors (Lipinski definition) is 2. The van der Waals surface area contributed by atoms with Gasteiger partial charge in [0, 0.05) is 18.5 Å². The number of carbonyl (C=O) groups is 2. The first-order valence-corrected chi connectivity index (χ1v) is 5.48. The quantitative estimate of drug-likeness (QED) is 0.622. The first-order valence-electron chi connectivity index (χ1n) is 5.48. The lowest BCUT2D eigenvalue weighted by Crippen LogP contribution is -2.57. The average molecular weight is 211 g/mol. The highest BCUT2D eigenvalue weighted by Gasteiger charge is 2.42. The average Bonchev–Trinajstić information content (AvgIpc) is 2.00. The first kappa shape index (κ1) is 12.2. The molecule has 0 aromatic heterocycles. The molecular weight excluding hydrogens is 190 g/mol. The highest BCUT2D eigenvalue weighted by molar-refractivity contribution is 6.00. The van der Waals surface area contributed by atoms with E-state index < -0.39 is 0 Å². The first-order chi connectivity index (χ1) is 6.66. The van der Waals surface area contributed by atoms with Crippen molar-refractivity contribution in [3.8, 4) is 0 Å². The van der Waals surface area contributed by atoms with Gasteiger partial charge in [0.15, 0.2) is 0 Å². The second-order valence-electron chi connectivity index (χ2n) is 5.82. The van der Waals surface area contributed by atoms with Crippen molar-refractivity contribution in [3.05, 3.63) is 0 Å². The Morgan fingerprint density at radius 2 is 1.60 bits per heavy atom. The second kappa shape index (κ2) is 3.62. The Morgan fingerprint density at radius 3 is 2.00 bits per heavy atom. The van der Waals surface area contributed by atoms with Crippen LogP contribution in [0.25, 0.3) is 0 Å². The van der Waals surface area contributed by atoms with Gasteiger partial charge in [0.2, 0.25) is 5.91 Å². The van der Waals surface area contributed by atoms with Gasteiger partial charge in [0.25, 0.3) is 0 Å². The van der Waals surface area contributed by atoms with Crippen molar-refractivity contribution in [1.82, 2.24) is 4.90 Å². The minimum Gasteiger partial charge on any atom is -0.336 e. The Kier molecular flexibility index (Phi) is 2.94. The van der Waals surface area contributed by atoms with E-state index in [1.807, 2.05) is 4.90 Å². The molecule has 3 nitrogen and oxygen atoms in total. The van der Waals surface area contributed by atoms with Crippen LogP contribution in [0.5, 0.6) is 0 Å². The number of likely N-dealkylation sites (tertiary alicyclic amines) is 1. The second-order valence-corrected chi connectivity index (χ2v) is 5.82. The number of Topliss-reactive ketones (excluding diaryl/α,β-unsaturated/α-hetero) is 1.